The van der Waals surface area contributed by atoms with Crippen LogP contribution < -0.4 is 24.2 Å². The summed E-state index contributed by atoms with van der Waals surface area (Å²) in [7, 11) is 0. The van der Waals surface area contributed by atoms with E-state index in [2.05, 4.69) is 15.3 Å². The molecule has 3 heterocycles. The summed E-state index contributed by atoms with van der Waals surface area (Å²) < 4.78 is 89.2. The lowest BCUT2D eigenvalue weighted by Gasteiger charge is -2.40. The molecule has 0 bridgehead atoms. The summed E-state index contributed by atoms with van der Waals surface area (Å²) >= 11 is 0. The molecule has 0 amide bonds. The van der Waals surface area contributed by atoms with Crippen LogP contribution in [-0.2, 0) is 17.6 Å². The van der Waals surface area contributed by atoms with Gasteiger partial charge in [0.1, 0.15) is 27.2 Å². The third kappa shape index (κ3) is 4.07. The SMILES string of the molecule is Cc1c2c(nn(OC(=O)C(F)(F)F)[n+]1=O)COc1cc(C(F)(F)F)c(OC3(C)CNC3)cc1-2. The molecular formula is C18H15F6N4O5+. The number of alkyl halides is 6. The second kappa shape index (κ2) is 7.33. The smallest absolute Gasteiger partial charge is 0.484 e. The third-order valence-corrected chi connectivity index (χ3v) is 5.07. The molecule has 0 aliphatic carbocycles. The topological polar surface area (TPSA) is 97.6 Å². The van der Waals surface area contributed by atoms with Gasteiger partial charge < -0.3 is 14.8 Å². The summed E-state index contributed by atoms with van der Waals surface area (Å²) in [5.41, 5.74) is -2.39. The molecule has 1 N–H and O–H groups in total. The number of hydrogen-bond donors (Lipinski definition) is 1. The summed E-state index contributed by atoms with van der Waals surface area (Å²) in [5.74, 6) is -3.43. The Labute approximate surface area is 180 Å². The lowest BCUT2D eigenvalue weighted by molar-refractivity contribution is -0.646. The van der Waals surface area contributed by atoms with Crippen molar-refractivity contribution in [1.29, 1.82) is 0 Å². The lowest BCUT2D eigenvalue weighted by atomic mass is 9.96. The van der Waals surface area contributed by atoms with Crippen molar-refractivity contribution in [2.45, 2.75) is 38.4 Å². The van der Waals surface area contributed by atoms with Gasteiger partial charge in [0, 0.05) is 25.6 Å². The Morgan fingerprint density at radius 3 is 2.45 bits per heavy atom. The molecule has 0 atom stereocenters. The molecule has 1 saturated heterocycles. The Bertz CT molecular complexity index is 1200. The number of nitrogens with one attached hydrogen (secondary N) is 1. The number of nitrogens with zero attached hydrogens (tertiary/aromatic N) is 3. The third-order valence-electron chi connectivity index (χ3n) is 5.07. The maximum Gasteiger partial charge on any atom is 0.493 e. The van der Waals surface area contributed by atoms with Gasteiger partial charge >= 0.3 is 18.3 Å². The summed E-state index contributed by atoms with van der Waals surface area (Å²) in [6, 6.07) is 1.77. The normalized spacial score (nSPS) is 16.7. The van der Waals surface area contributed by atoms with Crippen molar-refractivity contribution in [3.8, 4) is 22.6 Å². The highest BCUT2D eigenvalue weighted by Gasteiger charge is 2.45. The van der Waals surface area contributed by atoms with E-state index in [-0.39, 0.29) is 37.8 Å². The highest BCUT2D eigenvalue weighted by molar-refractivity contribution is 5.77. The van der Waals surface area contributed by atoms with Crippen molar-refractivity contribution in [3.05, 3.63) is 34.0 Å². The number of hydrogen-bond acceptors (Lipinski definition) is 7. The van der Waals surface area contributed by atoms with Gasteiger partial charge in [-0.2, -0.15) is 26.3 Å². The fourth-order valence-electron chi connectivity index (χ4n) is 3.40. The zero-order valence-electron chi connectivity index (χ0n) is 16.9. The molecule has 1 fully saturated rings. The maximum absolute atomic E-state index is 13.7. The second-order valence-corrected chi connectivity index (χ2v) is 7.70. The average Bonchev–Trinajstić information content (AvgIpc) is 2.68. The van der Waals surface area contributed by atoms with E-state index in [0.29, 0.717) is 13.1 Å². The van der Waals surface area contributed by atoms with E-state index < -0.39 is 41.8 Å². The Hall–Kier alpha value is -3.36. The van der Waals surface area contributed by atoms with E-state index >= 15 is 0 Å². The highest BCUT2D eigenvalue weighted by atomic mass is 19.4. The van der Waals surface area contributed by atoms with Gasteiger partial charge in [-0.15, -0.1) is 0 Å². The van der Waals surface area contributed by atoms with Crippen LogP contribution in [0.4, 0.5) is 26.3 Å². The van der Waals surface area contributed by atoms with E-state index in [1.165, 1.54) is 6.92 Å². The van der Waals surface area contributed by atoms with Gasteiger partial charge in [-0.3, -0.25) is 4.84 Å². The van der Waals surface area contributed by atoms with Crippen molar-refractivity contribution >= 4 is 5.97 Å². The molecule has 4 rings (SSSR count). The lowest BCUT2D eigenvalue weighted by Crippen LogP contribution is -2.61. The molecule has 1 aromatic carbocycles. The van der Waals surface area contributed by atoms with Gasteiger partial charge in [-0.05, 0) is 24.0 Å². The molecule has 0 saturated carbocycles. The molecular weight excluding hydrogens is 466 g/mol. The quantitative estimate of drug-likeness (QED) is 0.529. The Kier molecular flexibility index (Phi) is 5.07. The molecule has 33 heavy (non-hydrogen) atoms. The fourth-order valence-corrected chi connectivity index (χ4v) is 3.40. The zero-order chi connectivity index (χ0) is 24.3. The first kappa shape index (κ1) is 22.8. The van der Waals surface area contributed by atoms with Crippen LogP contribution in [0, 0.1) is 11.8 Å². The number of halogens is 6. The molecule has 2 aliphatic heterocycles. The molecule has 9 nitrogen and oxygen atoms in total. The van der Waals surface area contributed by atoms with Gasteiger partial charge in [0.05, 0.1) is 10.7 Å². The molecule has 0 radical (unpaired) electrons. The van der Waals surface area contributed by atoms with Crippen LogP contribution in [0.1, 0.15) is 23.9 Å². The Morgan fingerprint density at radius 2 is 1.91 bits per heavy atom. The summed E-state index contributed by atoms with van der Waals surface area (Å²) in [4.78, 5) is 27.3. The molecule has 0 spiro atoms. The fraction of sp³-hybridized carbons (Fsp3) is 0.444. The van der Waals surface area contributed by atoms with E-state index in [0.717, 1.165) is 12.1 Å². The molecule has 2 aromatic rings. The van der Waals surface area contributed by atoms with Crippen LogP contribution >= 0.6 is 0 Å². The van der Waals surface area contributed by atoms with Crippen molar-refractivity contribution in [2.24, 2.45) is 0 Å². The first-order chi connectivity index (χ1) is 15.2. The number of rotatable bonds is 3. The van der Waals surface area contributed by atoms with Gasteiger partial charge in [-0.25, -0.2) is 4.79 Å². The summed E-state index contributed by atoms with van der Waals surface area (Å²) in [5, 5.41) is 6.45. The number of ether oxygens (including phenoxy) is 2. The Balaban J connectivity index is 1.84. The van der Waals surface area contributed by atoms with Crippen molar-refractivity contribution in [2.75, 3.05) is 13.1 Å². The van der Waals surface area contributed by atoms with Crippen LogP contribution in [0.25, 0.3) is 11.1 Å². The summed E-state index contributed by atoms with van der Waals surface area (Å²) in [6.45, 7) is 2.91. The monoisotopic (exact) mass is 481 g/mol. The maximum atomic E-state index is 13.7. The molecule has 0 unspecified atom stereocenters. The first-order valence-electron chi connectivity index (χ1n) is 9.33. The van der Waals surface area contributed by atoms with Gasteiger partial charge in [0.25, 0.3) is 0 Å². The van der Waals surface area contributed by atoms with Crippen LogP contribution in [0.5, 0.6) is 11.5 Å². The van der Waals surface area contributed by atoms with Crippen LogP contribution in [-0.4, -0.2) is 40.9 Å². The minimum Gasteiger partial charge on any atom is -0.484 e. The van der Waals surface area contributed by atoms with E-state index in [1.54, 1.807) is 6.92 Å². The molecule has 15 heteroatoms. The summed E-state index contributed by atoms with van der Waals surface area (Å²) in [6.07, 6.45) is -10.2. The Morgan fingerprint density at radius 1 is 1.24 bits per heavy atom. The largest absolute Gasteiger partial charge is 0.493 e. The molecule has 178 valence electrons. The van der Waals surface area contributed by atoms with Gasteiger partial charge in [-0.1, -0.05) is 0 Å². The van der Waals surface area contributed by atoms with Crippen molar-refractivity contribution in [3.63, 3.8) is 0 Å². The first-order valence-corrected chi connectivity index (χ1v) is 9.33. The number of aromatic nitrogens is 3. The predicted molar refractivity (Wildman–Crippen MR) is 94.6 cm³/mol. The number of fused-ring (bicyclic) bond motifs is 3. The molecule has 1 aromatic heterocycles. The second-order valence-electron chi connectivity index (χ2n) is 7.70. The number of benzene rings is 1. The van der Waals surface area contributed by atoms with Crippen LogP contribution in [0.2, 0.25) is 0 Å². The predicted octanol–water partition coefficient (Wildman–Crippen LogP) is 1.94. The zero-order valence-corrected chi connectivity index (χ0v) is 16.9. The van der Waals surface area contributed by atoms with E-state index in [1.807, 2.05) is 0 Å². The minimum absolute atomic E-state index is 0.0130. The highest BCUT2D eigenvalue weighted by Crippen LogP contribution is 2.47. The van der Waals surface area contributed by atoms with Gasteiger partial charge in [0.2, 0.25) is 10.7 Å². The minimum atomic E-state index is -5.39. The number of carbonyl (C=O) groups is 1. The average molecular weight is 481 g/mol. The molecule has 2 aliphatic rings. The van der Waals surface area contributed by atoms with Crippen LogP contribution in [0.15, 0.2) is 12.1 Å². The standard InChI is InChI=1S/C18H15F6N4O5/c1-8-14-9-3-13(32-16(2)6-25-7-16)10(17(19,20)21)4-12(9)31-5-11(14)26-28(27(8)30)33-15(29)18(22,23)24/h3-4,25H,5-7H2,1-2H3/q+1. The van der Waals surface area contributed by atoms with Gasteiger partial charge in [0.15, 0.2) is 12.3 Å². The number of carbonyl (C=O) groups excluding carboxylic acids is 1. The van der Waals surface area contributed by atoms with Crippen molar-refractivity contribution in [1.82, 2.24) is 15.4 Å². The van der Waals surface area contributed by atoms with E-state index in [9.17, 15) is 36.0 Å². The van der Waals surface area contributed by atoms with Crippen molar-refractivity contribution < 1.29 is 50.0 Å². The van der Waals surface area contributed by atoms with E-state index in [4.69, 9.17) is 9.47 Å². The van der Waals surface area contributed by atoms with Crippen LogP contribution in [0.3, 0.4) is 0 Å².